The SMILES string of the molecule is Oc1cc(O)c2c(c1)O[C@H](c1ccc(O)c(O)c1)[C@@H](O)[C@@H]2c1c(O)cc(O)c2c1O[C@@H](c1ccc(O)c(O)c1)[C@H](O)[C@H]2c1c(O)cc(O)c2c1O[C@@H](c1ccc(O)c(O)c1)[C@H](O)C2. The molecule has 0 aromatic heterocycles. The molecule has 3 aliphatic rings. The van der Waals surface area contributed by atoms with Crippen LogP contribution in [0.4, 0.5) is 0 Å². The van der Waals surface area contributed by atoms with Crippen LogP contribution in [0.1, 0.15) is 74.7 Å². The van der Waals surface area contributed by atoms with Gasteiger partial charge in [0.2, 0.25) is 0 Å². The smallest absolute Gasteiger partial charge is 0.157 e. The second-order valence-electron chi connectivity index (χ2n) is 15.7. The number of hydrogen-bond acceptors (Lipinski definition) is 18. The van der Waals surface area contributed by atoms with Gasteiger partial charge in [-0.25, -0.2) is 0 Å². The van der Waals surface area contributed by atoms with Gasteiger partial charge in [-0.15, -0.1) is 0 Å². The fourth-order valence-corrected chi connectivity index (χ4v) is 8.94. The highest BCUT2D eigenvalue weighted by molar-refractivity contribution is 5.70. The summed E-state index contributed by atoms with van der Waals surface area (Å²) in [6.45, 7) is 0. The van der Waals surface area contributed by atoms with Gasteiger partial charge in [-0.1, -0.05) is 18.2 Å². The Bertz CT molecular complexity index is 2840. The molecule has 0 radical (unpaired) electrons. The normalized spacial score (nSPS) is 23.6. The highest BCUT2D eigenvalue weighted by atomic mass is 16.5. The average Bonchev–Trinajstić information content (AvgIpc) is 3.22. The Kier molecular flexibility index (Phi) is 9.46. The molecule has 0 amide bonds. The third kappa shape index (κ3) is 6.46. The minimum atomic E-state index is -1.90. The number of aromatic hydroxyl groups is 12. The van der Waals surface area contributed by atoms with Gasteiger partial charge in [0.1, 0.15) is 70.1 Å². The van der Waals surface area contributed by atoms with E-state index in [1.54, 1.807) is 0 Å². The molecular weight excluding hydrogens is 828 g/mol. The van der Waals surface area contributed by atoms with E-state index in [9.17, 15) is 76.6 Å². The molecule has 0 bridgehead atoms. The van der Waals surface area contributed by atoms with Crippen LogP contribution in [0.25, 0.3) is 0 Å². The van der Waals surface area contributed by atoms with Gasteiger partial charge >= 0.3 is 0 Å². The highest BCUT2D eigenvalue weighted by Crippen LogP contribution is 2.62. The summed E-state index contributed by atoms with van der Waals surface area (Å²) in [7, 11) is 0. The maximum atomic E-state index is 12.5. The van der Waals surface area contributed by atoms with Crippen molar-refractivity contribution in [3.63, 3.8) is 0 Å². The number of hydrogen-bond donors (Lipinski definition) is 15. The summed E-state index contributed by atoms with van der Waals surface area (Å²) in [4.78, 5) is 0. The van der Waals surface area contributed by atoms with E-state index in [-0.39, 0.29) is 62.4 Å². The quantitative estimate of drug-likeness (QED) is 0.106. The molecule has 9 rings (SSSR count). The molecule has 15 N–H and O–H groups in total. The van der Waals surface area contributed by atoms with Gasteiger partial charge in [0.25, 0.3) is 0 Å². The third-order valence-electron chi connectivity index (χ3n) is 11.8. The van der Waals surface area contributed by atoms with Crippen molar-refractivity contribution >= 4 is 0 Å². The molecule has 0 spiro atoms. The van der Waals surface area contributed by atoms with Gasteiger partial charge in [0, 0.05) is 58.5 Å². The summed E-state index contributed by atoms with van der Waals surface area (Å²) < 4.78 is 18.9. The van der Waals surface area contributed by atoms with E-state index in [1.165, 1.54) is 18.2 Å². The monoisotopic (exact) mass is 866 g/mol. The fourth-order valence-electron chi connectivity index (χ4n) is 8.94. The van der Waals surface area contributed by atoms with Crippen molar-refractivity contribution in [2.75, 3.05) is 0 Å². The molecule has 6 aromatic rings. The van der Waals surface area contributed by atoms with Crippen LogP contribution in [-0.4, -0.2) is 94.9 Å². The molecule has 3 aliphatic heterocycles. The fraction of sp³-hybridized carbons (Fsp3) is 0.200. The van der Waals surface area contributed by atoms with E-state index in [0.717, 1.165) is 60.7 Å². The number of aliphatic hydroxyl groups excluding tert-OH is 3. The molecule has 3 heterocycles. The van der Waals surface area contributed by atoms with E-state index < -0.39 is 123 Å². The lowest BCUT2D eigenvalue weighted by molar-refractivity contribution is -0.00562. The molecule has 326 valence electrons. The van der Waals surface area contributed by atoms with Crippen molar-refractivity contribution in [3.05, 3.63) is 123 Å². The van der Waals surface area contributed by atoms with Crippen LogP contribution < -0.4 is 14.2 Å². The van der Waals surface area contributed by atoms with E-state index in [0.29, 0.717) is 0 Å². The molecule has 8 atom stereocenters. The molecule has 0 unspecified atom stereocenters. The Balaban J connectivity index is 1.31. The van der Waals surface area contributed by atoms with Crippen LogP contribution in [0, 0.1) is 0 Å². The van der Waals surface area contributed by atoms with E-state index in [2.05, 4.69) is 0 Å². The molecular formula is C45H38O18. The summed E-state index contributed by atoms with van der Waals surface area (Å²) in [5.41, 5.74) is -1.10. The number of phenols is 12. The minimum absolute atomic E-state index is 0.0127. The maximum absolute atomic E-state index is 12.5. The van der Waals surface area contributed by atoms with Crippen molar-refractivity contribution in [3.8, 4) is 86.2 Å². The van der Waals surface area contributed by atoms with E-state index in [1.807, 2.05) is 0 Å². The Morgan fingerprint density at radius 1 is 0.365 bits per heavy atom. The van der Waals surface area contributed by atoms with Crippen molar-refractivity contribution in [1.82, 2.24) is 0 Å². The molecule has 0 saturated carbocycles. The minimum Gasteiger partial charge on any atom is -0.508 e. The second kappa shape index (κ2) is 14.7. The van der Waals surface area contributed by atoms with Crippen LogP contribution in [0.15, 0.2) is 78.9 Å². The Labute approximate surface area is 354 Å². The topological polar surface area (TPSA) is 331 Å². The van der Waals surface area contributed by atoms with Gasteiger partial charge in [-0.3, -0.25) is 0 Å². The van der Waals surface area contributed by atoms with Gasteiger partial charge in [-0.2, -0.15) is 0 Å². The van der Waals surface area contributed by atoms with E-state index >= 15 is 0 Å². The predicted molar refractivity (Wildman–Crippen MR) is 214 cm³/mol. The summed E-state index contributed by atoms with van der Waals surface area (Å²) >= 11 is 0. The number of phenolic OH excluding ortho intramolecular Hbond substituents is 12. The zero-order valence-corrected chi connectivity index (χ0v) is 32.3. The predicted octanol–water partition coefficient (Wildman–Crippen LogP) is 4.44. The molecule has 18 nitrogen and oxygen atoms in total. The summed E-state index contributed by atoms with van der Waals surface area (Å²) in [5, 5.41) is 166. The first-order chi connectivity index (χ1) is 29.9. The third-order valence-corrected chi connectivity index (χ3v) is 11.8. The first-order valence-electron chi connectivity index (χ1n) is 19.3. The first kappa shape index (κ1) is 40.6. The zero-order valence-electron chi connectivity index (χ0n) is 32.3. The lowest BCUT2D eigenvalue weighted by atomic mass is 9.73. The molecule has 63 heavy (non-hydrogen) atoms. The highest BCUT2D eigenvalue weighted by Gasteiger charge is 2.51. The van der Waals surface area contributed by atoms with Crippen molar-refractivity contribution in [2.24, 2.45) is 0 Å². The summed E-state index contributed by atoms with van der Waals surface area (Å²) in [6.07, 6.45) is -9.93. The second-order valence-corrected chi connectivity index (χ2v) is 15.7. The number of benzene rings is 6. The molecule has 18 heteroatoms. The lowest BCUT2D eigenvalue weighted by Crippen LogP contribution is -2.39. The van der Waals surface area contributed by atoms with Crippen LogP contribution >= 0.6 is 0 Å². The average molecular weight is 867 g/mol. The molecule has 0 fully saturated rings. The lowest BCUT2D eigenvalue weighted by Gasteiger charge is -2.43. The van der Waals surface area contributed by atoms with Crippen LogP contribution in [-0.2, 0) is 6.42 Å². The number of ether oxygens (including phenoxy) is 3. The Hall–Kier alpha value is -7.80. The standard InChI is InChI=1S/C45H38O18/c46-18-10-27(54)33-32(11-18)61-42(16-2-5-21(48)25(52)8-16)39(59)37(33)35-29(56)14-30(57)36-38(40(60)43(63-45(35)36)17-3-6-22(49)26(53)9-17)34-28(55)13-23(50)19-12-31(58)41(62-44(19)34)15-1-4-20(47)24(51)7-15/h1-11,13-14,31,37-43,46-60H,12H2/t31-,37+,38+,39+,40-,41+,42-,43+/m1/s1. The maximum Gasteiger partial charge on any atom is 0.157 e. The number of rotatable bonds is 5. The van der Waals surface area contributed by atoms with Crippen LogP contribution in [0.2, 0.25) is 0 Å². The summed E-state index contributed by atoms with van der Waals surface area (Å²) in [6, 6.07) is 14.4. The largest absolute Gasteiger partial charge is 0.508 e. The summed E-state index contributed by atoms with van der Waals surface area (Å²) in [5.74, 6) is -11.5. The Morgan fingerprint density at radius 2 is 0.778 bits per heavy atom. The van der Waals surface area contributed by atoms with Crippen LogP contribution in [0.3, 0.4) is 0 Å². The van der Waals surface area contributed by atoms with Crippen LogP contribution in [0.5, 0.6) is 86.2 Å². The molecule has 6 aromatic carbocycles. The van der Waals surface area contributed by atoms with Crippen molar-refractivity contribution in [2.45, 2.75) is 54.9 Å². The van der Waals surface area contributed by atoms with Crippen molar-refractivity contribution in [1.29, 1.82) is 0 Å². The zero-order chi connectivity index (χ0) is 44.9. The first-order valence-corrected chi connectivity index (χ1v) is 19.3. The number of fused-ring (bicyclic) bond motifs is 3. The molecule has 0 aliphatic carbocycles. The van der Waals surface area contributed by atoms with E-state index in [4.69, 9.17) is 14.2 Å². The van der Waals surface area contributed by atoms with Gasteiger partial charge in [0.05, 0.1) is 17.9 Å². The number of aliphatic hydroxyl groups is 3. The van der Waals surface area contributed by atoms with Gasteiger partial charge in [0.15, 0.2) is 46.7 Å². The van der Waals surface area contributed by atoms with Crippen molar-refractivity contribution < 1.29 is 90.8 Å². The van der Waals surface area contributed by atoms with Gasteiger partial charge < -0.3 is 90.8 Å². The van der Waals surface area contributed by atoms with Gasteiger partial charge in [-0.05, 0) is 53.1 Å². The Morgan fingerprint density at radius 3 is 1.29 bits per heavy atom. The molecule has 0 saturated heterocycles.